The van der Waals surface area contributed by atoms with Gasteiger partial charge < -0.3 is 24.3 Å². The fourth-order valence-electron chi connectivity index (χ4n) is 4.34. The van der Waals surface area contributed by atoms with Crippen LogP contribution in [-0.4, -0.2) is 45.4 Å². The van der Waals surface area contributed by atoms with E-state index in [2.05, 4.69) is 25.4 Å². The number of halogens is 1. The average molecular weight is 521 g/mol. The van der Waals surface area contributed by atoms with Crippen LogP contribution >= 0.6 is 11.6 Å². The maximum absolute atomic E-state index is 13.3. The molecule has 0 spiro atoms. The lowest BCUT2D eigenvalue weighted by Crippen LogP contribution is -2.26. The van der Waals surface area contributed by atoms with Crippen molar-refractivity contribution in [3.8, 4) is 11.5 Å². The van der Waals surface area contributed by atoms with Gasteiger partial charge in [-0.25, -0.2) is 9.50 Å². The van der Waals surface area contributed by atoms with Gasteiger partial charge in [-0.3, -0.25) is 9.78 Å². The number of aliphatic hydroxyl groups is 1. The van der Waals surface area contributed by atoms with Gasteiger partial charge in [0, 0.05) is 38.8 Å². The third kappa shape index (κ3) is 4.30. The Morgan fingerprint density at radius 2 is 2.11 bits per heavy atom. The second-order valence-electron chi connectivity index (χ2n) is 9.45. The number of aryl methyl sites for hydroxylation is 1. The van der Waals surface area contributed by atoms with E-state index in [0.29, 0.717) is 57.3 Å². The Bertz CT molecular complexity index is 1690. The lowest BCUT2D eigenvalue weighted by molar-refractivity contribution is 0.222. The van der Waals surface area contributed by atoms with Crippen molar-refractivity contribution < 1.29 is 9.84 Å². The van der Waals surface area contributed by atoms with Gasteiger partial charge in [0.05, 0.1) is 18.6 Å². The summed E-state index contributed by atoms with van der Waals surface area (Å²) in [5, 5.41) is 17.3. The molecular formula is C25H25ClN8O3. The summed E-state index contributed by atoms with van der Waals surface area (Å²) in [6.07, 6.45) is 12.2. The zero-order chi connectivity index (χ0) is 25.7. The number of nitrogens with zero attached hydrogens (tertiary/aromatic N) is 7. The minimum atomic E-state index is -0.179. The number of imidazole rings is 1. The molecule has 0 amide bonds. The van der Waals surface area contributed by atoms with Crippen molar-refractivity contribution in [1.82, 2.24) is 33.7 Å². The van der Waals surface area contributed by atoms with Crippen LogP contribution in [-0.2, 0) is 13.6 Å². The molecule has 1 fully saturated rings. The molecule has 2 N–H and O–H groups in total. The molecule has 0 unspecified atom stereocenters. The van der Waals surface area contributed by atoms with Crippen LogP contribution in [0.4, 0.5) is 11.6 Å². The third-order valence-electron chi connectivity index (χ3n) is 6.54. The van der Waals surface area contributed by atoms with Crippen molar-refractivity contribution in [2.24, 2.45) is 13.0 Å². The van der Waals surface area contributed by atoms with Gasteiger partial charge in [0.1, 0.15) is 21.7 Å². The van der Waals surface area contributed by atoms with Gasteiger partial charge in [0.25, 0.3) is 5.56 Å². The fourth-order valence-corrected chi connectivity index (χ4v) is 4.64. The van der Waals surface area contributed by atoms with Crippen molar-refractivity contribution in [2.45, 2.75) is 32.2 Å². The molecular weight excluding hydrogens is 496 g/mol. The Morgan fingerprint density at radius 1 is 1.27 bits per heavy atom. The van der Waals surface area contributed by atoms with Gasteiger partial charge in [0.15, 0.2) is 17.1 Å². The molecule has 0 aliphatic heterocycles. The Morgan fingerprint density at radius 3 is 2.89 bits per heavy atom. The molecule has 0 aromatic carbocycles. The zero-order valence-electron chi connectivity index (χ0n) is 20.3. The molecule has 5 aromatic heterocycles. The van der Waals surface area contributed by atoms with E-state index < -0.39 is 0 Å². The number of hydrogen-bond acceptors (Lipinski definition) is 8. The monoisotopic (exact) mass is 520 g/mol. The van der Waals surface area contributed by atoms with Crippen molar-refractivity contribution >= 4 is 39.9 Å². The van der Waals surface area contributed by atoms with Gasteiger partial charge in [-0.15, -0.1) is 0 Å². The van der Waals surface area contributed by atoms with Gasteiger partial charge in [-0.05, 0) is 36.3 Å². The fraction of sp³-hybridized carbons (Fsp3) is 0.320. The molecule has 1 saturated carbocycles. The van der Waals surface area contributed by atoms with E-state index in [-0.39, 0.29) is 18.1 Å². The summed E-state index contributed by atoms with van der Waals surface area (Å²) in [5.74, 6) is 1.67. The van der Waals surface area contributed by atoms with E-state index in [1.807, 2.05) is 19.2 Å². The molecule has 190 valence electrons. The maximum Gasteiger partial charge on any atom is 0.274 e. The number of anilines is 2. The Labute approximate surface area is 216 Å². The standard InChI is InChI=1S/C25H25ClN8O3/c1-14(13-35)11-33-12-16(15-3-4-15)7-17(24(33)36)30-25-31-23-22(32(25)2)21(26)20(9-28-23)37-19-10-29-34-6-5-27-8-18(19)34/h5-10,12,14-15,35H,3-4,11,13H2,1-2H3,(H,28,30,31)/t14-/m0/s1. The minimum Gasteiger partial charge on any atom is -0.450 e. The second kappa shape index (κ2) is 9.16. The summed E-state index contributed by atoms with van der Waals surface area (Å²) < 4.78 is 11.1. The van der Waals surface area contributed by atoms with Gasteiger partial charge in [-0.1, -0.05) is 18.5 Å². The van der Waals surface area contributed by atoms with Crippen LogP contribution in [0, 0.1) is 5.92 Å². The summed E-state index contributed by atoms with van der Waals surface area (Å²) in [4.78, 5) is 26.4. The maximum atomic E-state index is 13.3. The first-order valence-electron chi connectivity index (χ1n) is 12.0. The Balaban J connectivity index is 1.36. The molecule has 0 radical (unpaired) electrons. The molecule has 11 nitrogen and oxygen atoms in total. The van der Waals surface area contributed by atoms with Crippen LogP contribution in [0.15, 0.2) is 48.0 Å². The van der Waals surface area contributed by atoms with Crippen molar-refractivity contribution in [3.05, 3.63) is 64.2 Å². The SMILES string of the molecule is C[C@H](CO)Cn1cc(C2CC2)cc(Nc2nc3ncc(Oc4cnn5ccncc45)c(Cl)c3n2C)c1=O. The molecule has 1 aliphatic carbocycles. The topological polar surface area (TPSA) is 124 Å². The first-order valence-corrected chi connectivity index (χ1v) is 12.4. The predicted octanol–water partition coefficient (Wildman–Crippen LogP) is 3.87. The van der Waals surface area contributed by atoms with Crippen LogP contribution in [0.1, 0.15) is 31.2 Å². The summed E-state index contributed by atoms with van der Waals surface area (Å²) in [6, 6.07) is 1.89. The Hall–Kier alpha value is -3.96. The van der Waals surface area contributed by atoms with Gasteiger partial charge >= 0.3 is 0 Å². The summed E-state index contributed by atoms with van der Waals surface area (Å²) in [6.45, 7) is 2.35. The summed E-state index contributed by atoms with van der Waals surface area (Å²) >= 11 is 6.75. The van der Waals surface area contributed by atoms with Crippen molar-refractivity contribution in [1.29, 1.82) is 0 Å². The van der Waals surface area contributed by atoms with Crippen molar-refractivity contribution in [3.63, 3.8) is 0 Å². The molecule has 12 heteroatoms. The largest absolute Gasteiger partial charge is 0.450 e. The highest BCUT2D eigenvalue weighted by Gasteiger charge is 2.26. The molecule has 5 heterocycles. The van der Waals surface area contributed by atoms with Gasteiger partial charge in [-0.2, -0.15) is 10.1 Å². The van der Waals surface area contributed by atoms with Crippen LogP contribution < -0.4 is 15.6 Å². The second-order valence-corrected chi connectivity index (χ2v) is 9.83. The van der Waals surface area contributed by atoms with E-state index in [1.54, 1.807) is 45.5 Å². The number of rotatable bonds is 8. The van der Waals surface area contributed by atoms with Crippen LogP contribution in [0.3, 0.4) is 0 Å². The number of hydrogen-bond donors (Lipinski definition) is 2. The molecule has 37 heavy (non-hydrogen) atoms. The van der Waals surface area contributed by atoms with Crippen LogP contribution in [0.2, 0.25) is 5.02 Å². The zero-order valence-corrected chi connectivity index (χ0v) is 21.1. The average Bonchev–Trinajstić information content (AvgIpc) is 3.60. The number of aromatic nitrogens is 7. The van der Waals surface area contributed by atoms with E-state index >= 15 is 0 Å². The Kier molecular flexibility index (Phi) is 5.81. The first kappa shape index (κ1) is 23.4. The number of fused-ring (bicyclic) bond motifs is 2. The highest BCUT2D eigenvalue weighted by molar-refractivity contribution is 6.36. The lowest BCUT2D eigenvalue weighted by atomic mass is 10.1. The van der Waals surface area contributed by atoms with Crippen LogP contribution in [0.5, 0.6) is 11.5 Å². The predicted molar refractivity (Wildman–Crippen MR) is 139 cm³/mol. The molecule has 0 bridgehead atoms. The first-order chi connectivity index (χ1) is 17.9. The van der Waals surface area contributed by atoms with E-state index in [0.717, 1.165) is 18.4 Å². The van der Waals surface area contributed by atoms with E-state index in [1.165, 1.54) is 6.20 Å². The normalized spacial score (nSPS) is 14.4. The molecule has 6 rings (SSSR count). The number of aliphatic hydroxyl groups excluding tert-OH is 1. The van der Waals surface area contributed by atoms with Crippen molar-refractivity contribution in [2.75, 3.05) is 11.9 Å². The number of ether oxygens (including phenoxy) is 1. The number of nitrogens with one attached hydrogen (secondary N) is 1. The van der Waals surface area contributed by atoms with Crippen LogP contribution in [0.25, 0.3) is 16.7 Å². The minimum absolute atomic E-state index is 0.00790. The summed E-state index contributed by atoms with van der Waals surface area (Å²) in [7, 11) is 1.80. The third-order valence-corrected chi connectivity index (χ3v) is 6.90. The van der Waals surface area contributed by atoms with Gasteiger partial charge in [0.2, 0.25) is 5.95 Å². The molecule has 5 aromatic rings. The highest BCUT2D eigenvalue weighted by atomic mass is 35.5. The van der Waals surface area contributed by atoms with E-state index in [4.69, 9.17) is 16.3 Å². The lowest BCUT2D eigenvalue weighted by Gasteiger charge is -2.15. The summed E-state index contributed by atoms with van der Waals surface area (Å²) in [5.41, 5.74) is 3.00. The van der Waals surface area contributed by atoms with E-state index in [9.17, 15) is 9.90 Å². The smallest absolute Gasteiger partial charge is 0.274 e. The number of pyridine rings is 2. The molecule has 1 atom stereocenters. The molecule has 1 aliphatic rings. The molecule has 0 saturated heterocycles. The highest BCUT2D eigenvalue weighted by Crippen LogP contribution is 2.41. The quantitative estimate of drug-likeness (QED) is 0.316.